The monoisotopic (exact) mass is 297 g/mol. The number of hydrogen-bond acceptors (Lipinski definition) is 4. The van der Waals surface area contributed by atoms with Gasteiger partial charge < -0.3 is 15.3 Å². The van der Waals surface area contributed by atoms with Crippen molar-refractivity contribution in [2.45, 2.75) is 13.0 Å². The molecule has 1 aliphatic rings. The first-order valence-electron chi connectivity index (χ1n) is 7.20. The molecule has 1 atom stereocenters. The second kappa shape index (κ2) is 7.27. The smallest absolute Gasteiger partial charge is 0.0642 e. The summed E-state index contributed by atoms with van der Waals surface area (Å²) in [6, 6.07) is 6.62. The molecule has 1 aromatic carbocycles. The van der Waals surface area contributed by atoms with E-state index in [-0.39, 0.29) is 6.61 Å². The predicted octanol–water partition coefficient (Wildman–Crippen LogP) is 1.73. The Balaban J connectivity index is 2.03. The third-order valence-electron chi connectivity index (χ3n) is 4.03. The molecule has 1 aliphatic heterocycles. The SMILES string of the molecule is CNC(C)c1ccc(N2CCN(CCO)CC2)c(Cl)c1. The lowest BCUT2D eigenvalue weighted by molar-refractivity contribution is 0.189. The van der Waals surface area contributed by atoms with Crippen molar-refractivity contribution in [3.05, 3.63) is 28.8 Å². The molecule has 2 N–H and O–H groups in total. The van der Waals surface area contributed by atoms with Crippen LogP contribution in [0.25, 0.3) is 0 Å². The first-order chi connectivity index (χ1) is 9.65. The maximum atomic E-state index is 8.97. The topological polar surface area (TPSA) is 38.7 Å². The molecule has 0 saturated carbocycles. The zero-order valence-corrected chi connectivity index (χ0v) is 13.0. The Morgan fingerprint density at radius 3 is 2.55 bits per heavy atom. The van der Waals surface area contributed by atoms with E-state index in [0.717, 1.165) is 43.4 Å². The number of benzene rings is 1. The van der Waals surface area contributed by atoms with Gasteiger partial charge in [-0.05, 0) is 31.7 Å². The van der Waals surface area contributed by atoms with Crippen molar-refractivity contribution in [1.82, 2.24) is 10.2 Å². The number of halogens is 1. The molecule has 0 spiro atoms. The van der Waals surface area contributed by atoms with E-state index in [1.54, 1.807) is 0 Å². The van der Waals surface area contributed by atoms with Gasteiger partial charge in [-0.1, -0.05) is 17.7 Å². The zero-order chi connectivity index (χ0) is 14.5. The fraction of sp³-hybridized carbons (Fsp3) is 0.600. The quantitative estimate of drug-likeness (QED) is 0.868. The van der Waals surface area contributed by atoms with Crippen molar-refractivity contribution in [3.8, 4) is 0 Å². The molecule has 1 saturated heterocycles. The van der Waals surface area contributed by atoms with Crippen LogP contribution in [0.2, 0.25) is 5.02 Å². The minimum absolute atomic E-state index is 0.233. The van der Waals surface area contributed by atoms with Gasteiger partial charge in [-0.15, -0.1) is 0 Å². The Labute approximate surface area is 126 Å². The molecule has 0 aliphatic carbocycles. The van der Waals surface area contributed by atoms with Gasteiger partial charge in [0.15, 0.2) is 0 Å². The Morgan fingerprint density at radius 1 is 1.30 bits per heavy atom. The van der Waals surface area contributed by atoms with E-state index in [1.807, 2.05) is 7.05 Å². The van der Waals surface area contributed by atoms with Gasteiger partial charge in [0.05, 0.1) is 17.3 Å². The van der Waals surface area contributed by atoms with Gasteiger partial charge in [-0.2, -0.15) is 0 Å². The van der Waals surface area contributed by atoms with Gasteiger partial charge in [0.2, 0.25) is 0 Å². The number of anilines is 1. The molecule has 0 aromatic heterocycles. The average molecular weight is 298 g/mol. The van der Waals surface area contributed by atoms with E-state index in [0.29, 0.717) is 6.04 Å². The third kappa shape index (κ3) is 3.64. The summed E-state index contributed by atoms with van der Waals surface area (Å²) >= 11 is 6.44. The number of nitrogens with zero attached hydrogens (tertiary/aromatic N) is 2. The second-order valence-electron chi connectivity index (χ2n) is 5.27. The van der Waals surface area contributed by atoms with Crippen LogP contribution in [0.15, 0.2) is 18.2 Å². The minimum Gasteiger partial charge on any atom is -0.395 e. The van der Waals surface area contributed by atoms with E-state index in [9.17, 15) is 0 Å². The summed E-state index contributed by atoms with van der Waals surface area (Å²) in [7, 11) is 1.95. The van der Waals surface area contributed by atoms with Crippen molar-refractivity contribution in [1.29, 1.82) is 0 Å². The fourth-order valence-corrected chi connectivity index (χ4v) is 2.88. The van der Waals surface area contributed by atoms with Crippen LogP contribution in [0.4, 0.5) is 5.69 Å². The van der Waals surface area contributed by atoms with Gasteiger partial charge in [-0.3, -0.25) is 4.90 Å². The summed E-state index contributed by atoms with van der Waals surface area (Å²) < 4.78 is 0. The summed E-state index contributed by atoms with van der Waals surface area (Å²) in [5.74, 6) is 0. The molecule has 1 heterocycles. The number of β-amino-alcohol motifs (C(OH)–C–C–N with tert-alkyl or cyclic N) is 1. The van der Waals surface area contributed by atoms with Crippen LogP contribution in [0.3, 0.4) is 0 Å². The van der Waals surface area contributed by atoms with Crippen molar-refractivity contribution in [3.63, 3.8) is 0 Å². The van der Waals surface area contributed by atoms with Crippen LogP contribution >= 0.6 is 11.6 Å². The van der Waals surface area contributed by atoms with Crippen molar-refractivity contribution in [2.24, 2.45) is 0 Å². The molecule has 0 amide bonds. The maximum Gasteiger partial charge on any atom is 0.0642 e. The summed E-state index contributed by atoms with van der Waals surface area (Å²) in [4.78, 5) is 4.60. The van der Waals surface area contributed by atoms with Crippen LogP contribution < -0.4 is 10.2 Å². The van der Waals surface area contributed by atoms with Gasteiger partial charge in [0, 0.05) is 38.8 Å². The van der Waals surface area contributed by atoms with E-state index in [1.165, 1.54) is 5.56 Å². The van der Waals surface area contributed by atoms with Crippen LogP contribution in [0, 0.1) is 0 Å². The molecule has 20 heavy (non-hydrogen) atoms. The molecule has 5 heteroatoms. The van der Waals surface area contributed by atoms with E-state index in [4.69, 9.17) is 16.7 Å². The lowest BCUT2D eigenvalue weighted by Gasteiger charge is -2.36. The zero-order valence-electron chi connectivity index (χ0n) is 12.3. The van der Waals surface area contributed by atoms with Crippen molar-refractivity contribution in [2.75, 3.05) is 51.3 Å². The number of rotatable bonds is 5. The highest BCUT2D eigenvalue weighted by Gasteiger charge is 2.19. The molecular weight excluding hydrogens is 274 g/mol. The highest BCUT2D eigenvalue weighted by molar-refractivity contribution is 6.33. The number of aliphatic hydroxyl groups is 1. The largest absolute Gasteiger partial charge is 0.395 e. The molecule has 1 aromatic rings. The second-order valence-corrected chi connectivity index (χ2v) is 5.68. The normalized spacial score (nSPS) is 18.3. The average Bonchev–Trinajstić information content (AvgIpc) is 2.47. The minimum atomic E-state index is 0.233. The molecule has 4 nitrogen and oxygen atoms in total. The molecule has 0 radical (unpaired) electrons. The van der Waals surface area contributed by atoms with E-state index < -0.39 is 0 Å². The van der Waals surface area contributed by atoms with E-state index >= 15 is 0 Å². The van der Waals surface area contributed by atoms with Crippen LogP contribution in [0.1, 0.15) is 18.5 Å². The number of hydrogen-bond donors (Lipinski definition) is 2. The Bertz CT molecular complexity index is 433. The summed E-state index contributed by atoms with van der Waals surface area (Å²) in [5.41, 5.74) is 2.32. The third-order valence-corrected chi connectivity index (χ3v) is 4.34. The molecular formula is C15H24ClN3O. The molecule has 1 unspecified atom stereocenters. The number of nitrogens with one attached hydrogen (secondary N) is 1. The van der Waals surface area contributed by atoms with Gasteiger partial charge in [0.25, 0.3) is 0 Å². The maximum absolute atomic E-state index is 8.97. The Morgan fingerprint density at radius 2 is 2.00 bits per heavy atom. The highest BCUT2D eigenvalue weighted by Crippen LogP contribution is 2.29. The predicted molar refractivity (Wildman–Crippen MR) is 84.7 cm³/mol. The van der Waals surface area contributed by atoms with Crippen LogP contribution in [0.5, 0.6) is 0 Å². The number of piperazine rings is 1. The molecule has 112 valence electrons. The Kier molecular flexibility index (Phi) is 5.66. The van der Waals surface area contributed by atoms with Crippen molar-refractivity contribution >= 4 is 17.3 Å². The molecule has 0 bridgehead atoms. The Hall–Kier alpha value is -0.810. The fourth-order valence-electron chi connectivity index (χ4n) is 2.57. The van der Waals surface area contributed by atoms with Crippen LogP contribution in [-0.2, 0) is 0 Å². The molecule has 1 fully saturated rings. The lowest BCUT2D eigenvalue weighted by atomic mass is 10.1. The first-order valence-corrected chi connectivity index (χ1v) is 7.58. The first kappa shape index (κ1) is 15.6. The summed E-state index contributed by atoms with van der Waals surface area (Å²) in [5, 5.41) is 13.0. The number of aliphatic hydroxyl groups excluding tert-OH is 1. The standard InChI is InChI=1S/C15H24ClN3O/c1-12(17-2)13-3-4-15(14(16)11-13)19-7-5-18(6-8-19)9-10-20/h3-4,11-12,17,20H,5-10H2,1-2H3. The summed E-state index contributed by atoms with van der Waals surface area (Å²) in [6.07, 6.45) is 0. The summed E-state index contributed by atoms with van der Waals surface area (Å²) in [6.45, 7) is 7.00. The lowest BCUT2D eigenvalue weighted by Crippen LogP contribution is -2.47. The van der Waals surface area contributed by atoms with Gasteiger partial charge in [-0.25, -0.2) is 0 Å². The van der Waals surface area contributed by atoms with E-state index in [2.05, 4.69) is 40.2 Å². The van der Waals surface area contributed by atoms with Crippen LogP contribution in [-0.4, -0.2) is 56.4 Å². The van der Waals surface area contributed by atoms with Gasteiger partial charge >= 0.3 is 0 Å². The van der Waals surface area contributed by atoms with Gasteiger partial charge in [0.1, 0.15) is 0 Å². The molecule has 2 rings (SSSR count). The van der Waals surface area contributed by atoms with Crippen molar-refractivity contribution < 1.29 is 5.11 Å². The highest BCUT2D eigenvalue weighted by atomic mass is 35.5.